The van der Waals surface area contributed by atoms with Crippen molar-refractivity contribution in [3.05, 3.63) is 86.0 Å². The molecule has 0 unspecified atom stereocenters. The maximum Gasteiger partial charge on any atom is 0.338 e. The van der Waals surface area contributed by atoms with E-state index >= 15 is 0 Å². The molecule has 3 aromatic rings. The largest absolute Gasteiger partial charge is 0.489 e. The van der Waals surface area contributed by atoms with Gasteiger partial charge in [-0.2, -0.15) is 0 Å². The molecule has 27 heavy (non-hydrogen) atoms. The number of ether oxygens (including phenoxy) is 1. The van der Waals surface area contributed by atoms with E-state index in [0.717, 1.165) is 5.56 Å². The quantitative estimate of drug-likeness (QED) is 0.415. The second-order valence-corrected chi connectivity index (χ2v) is 6.04. The van der Waals surface area contributed by atoms with Crippen molar-refractivity contribution in [3.63, 3.8) is 0 Å². The number of halogens is 2. The van der Waals surface area contributed by atoms with Crippen molar-refractivity contribution in [2.75, 3.05) is 0 Å². The molecule has 0 aliphatic carbocycles. The monoisotopic (exact) mass is 388 g/mol. The Kier molecular flexibility index (Phi) is 5.52. The van der Waals surface area contributed by atoms with Crippen molar-refractivity contribution in [2.24, 2.45) is 0 Å². The number of hydrogen-bond acceptors (Lipinski definition) is 5. The zero-order valence-corrected chi connectivity index (χ0v) is 14.9. The van der Waals surface area contributed by atoms with Gasteiger partial charge in [-0.05, 0) is 42.8 Å². The van der Waals surface area contributed by atoms with Crippen LogP contribution in [0.4, 0.5) is 10.1 Å². The highest BCUT2D eigenvalue weighted by Gasteiger charge is 2.21. The molecule has 0 bridgehead atoms. The molecule has 0 aliphatic rings. The van der Waals surface area contributed by atoms with Gasteiger partial charge in [-0.15, -0.1) is 0 Å². The number of nitrogens with zero attached hydrogens (tertiary/aromatic N) is 2. The highest BCUT2D eigenvalue weighted by molar-refractivity contribution is 6.31. The van der Waals surface area contributed by atoms with Gasteiger partial charge in [0.05, 0.1) is 9.95 Å². The molecule has 0 N–H and O–H groups in total. The molecule has 1 aromatic heterocycles. The Labute approximate surface area is 159 Å². The second-order valence-electron chi connectivity index (χ2n) is 5.63. The molecule has 2 aromatic carbocycles. The molecule has 0 aliphatic heterocycles. The standard InChI is InChI=1S/C19H14ClFN2O4/c1-12-19(23(24)25)18(27-22-12)9-8-13-4-2-5-14(10-13)26-11-15-16(20)6-3-7-17(15)21/h2-10H,11H2,1H3/b9-8-. The number of aromatic nitrogens is 1. The minimum absolute atomic E-state index is 0.0224. The van der Waals surface area contributed by atoms with Crippen LogP contribution in [-0.4, -0.2) is 10.1 Å². The Balaban J connectivity index is 1.75. The molecule has 0 saturated carbocycles. The SMILES string of the molecule is Cc1noc(/C=C\c2cccc(OCc3c(F)cccc3Cl)c2)c1[N+](=O)[O-]. The fraction of sp³-hybridized carbons (Fsp3) is 0.105. The average molecular weight is 389 g/mol. The Morgan fingerprint density at radius 3 is 2.81 bits per heavy atom. The highest BCUT2D eigenvalue weighted by Crippen LogP contribution is 2.26. The van der Waals surface area contributed by atoms with Crippen LogP contribution in [0.5, 0.6) is 5.75 Å². The second kappa shape index (κ2) is 8.01. The molecule has 3 rings (SSSR count). The average Bonchev–Trinajstić information content (AvgIpc) is 3.01. The van der Waals surface area contributed by atoms with Crippen molar-refractivity contribution < 1.29 is 18.6 Å². The normalized spacial score (nSPS) is 11.1. The molecule has 1 heterocycles. The first kappa shape index (κ1) is 18.6. The van der Waals surface area contributed by atoms with Gasteiger partial charge in [0, 0.05) is 5.56 Å². The Morgan fingerprint density at radius 2 is 2.07 bits per heavy atom. The predicted molar refractivity (Wildman–Crippen MR) is 99.0 cm³/mol. The summed E-state index contributed by atoms with van der Waals surface area (Å²) >= 11 is 5.98. The maximum atomic E-state index is 13.8. The van der Waals surface area contributed by atoms with E-state index in [9.17, 15) is 14.5 Å². The lowest BCUT2D eigenvalue weighted by molar-refractivity contribution is -0.386. The zero-order valence-electron chi connectivity index (χ0n) is 14.2. The molecule has 138 valence electrons. The lowest BCUT2D eigenvalue weighted by Gasteiger charge is -2.09. The predicted octanol–water partition coefficient (Wildman–Crippen LogP) is 5.43. The number of aryl methyl sites for hydroxylation is 1. The van der Waals surface area contributed by atoms with Crippen LogP contribution < -0.4 is 4.74 Å². The third-order valence-electron chi connectivity index (χ3n) is 3.77. The fourth-order valence-electron chi connectivity index (χ4n) is 2.42. The Morgan fingerprint density at radius 1 is 1.30 bits per heavy atom. The molecular weight excluding hydrogens is 375 g/mol. The molecule has 0 radical (unpaired) electrons. The van der Waals surface area contributed by atoms with Gasteiger partial charge in [-0.25, -0.2) is 4.39 Å². The summed E-state index contributed by atoms with van der Waals surface area (Å²) in [6, 6.07) is 11.4. The highest BCUT2D eigenvalue weighted by atomic mass is 35.5. The Bertz CT molecular complexity index is 996. The van der Waals surface area contributed by atoms with E-state index in [0.29, 0.717) is 10.8 Å². The molecular formula is C19H14ClFN2O4. The summed E-state index contributed by atoms with van der Waals surface area (Å²) in [5, 5.41) is 15.0. The Hall–Kier alpha value is -3.19. The molecule has 8 heteroatoms. The van der Waals surface area contributed by atoms with Crippen LogP contribution in [0, 0.1) is 22.9 Å². The minimum Gasteiger partial charge on any atom is -0.489 e. The van der Waals surface area contributed by atoms with E-state index in [4.69, 9.17) is 20.9 Å². The summed E-state index contributed by atoms with van der Waals surface area (Å²) in [5.74, 6) is 0.119. The number of benzene rings is 2. The van der Waals surface area contributed by atoms with Gasteiger partial charge >= 0.3 is 5.69 Å². The number of nitro groups is 1. The topological polar surface area (TPSA) is 78.4 Å². The summed E-state index contributed by atoms with van der Waals surface area (Å²) in [5.41, 5.74) is 1.02. The van der Waals surface area contributed by atoms with E-state index in [1.165, 1.54) is 25.1 Å². The maximum absolute atomic E-state index is 13.8. The summed E-state index contributed by atoms with van der Waals surface area (Å²) in [6.07, 6.45) is 3.10. The van der Waals surface area contributed by atoms with Crippen LogP contribution in [-0.2, 0) is 6.61 Å². The van der Waals surface area contributed by atoms with Crippen LogP contribution in [0.3, 0.4) is 0 Å². The number of rotatable bonds is 6. The van der Waals surface area contributed by atoms with Crippen molar-refractivity contribution >= 4 is 29.4 Å². The van der Waals surface area contributed by atoms with Crippen LogP contribution in [0.25, 0.3) is 12.2 Å². The first-order valence-corrected chi connectivity index (χ1v) is 8.28. The van der Waals surface area contributed by atoms with Gasteiger partial charge in [0.1, 0.15) is 18.2 Å². The van der Waals surface area contributed by atoms with Gasteiger partial charge in [0.25, 0.3) is 0 Å². The van der Waals surface area contributed by atoms with Gasteiger partial charge in [-0.3, -0.25) is 10.1 Å². The zero-order chi connectivity index (χ0) is 19.4. The molecule has 0 fully saturated rings. The van der Waals surface area contributed by atoms with Gasteiger partial charge in [-0.1, -0.05) is 41.0 Å². The van der Waals surface area contributed by atoms with Gasteiger partial charge in [0.2, 0.25) is 5.76 Å². The fourth-order valence-corrected chi connectivity index (χ4v) is 2.64. The van der Waals surface area contributed by atoms with Crippen molar-refractivity contribution in [3.8, 4) is 5.75 Å². The van der Waals surface area contributed by atoms with Crippen LogP contribution >= 0.6 is 11.6 Å². The van der Waals surface area contributed by atoms with Crippen molar-refractivity contribution in [2.45, 2.75) is 13.5 Å². The van der Waals surface area contributed by atoms with Crippen LogP contribution in [0.15, 0.2) is 47.0 Å². The third kappa shape index (κ3) is 4.32. The van der Waals surface area contributed by atoms with Gasteiger partial charge < -0.3 is 9.26 Å². The van der Waals surface area contributed by atoms with E-state index in [2.05, 4.69) is 5.16 Å². The van der Waals surface area contributed by atoms with E-state index in [1.807, 2.05) is 0 Å². The summed E-state index contributed by atoms with van der Waals surface area (Å²) in [6.45, 7) is 1.48. The molecule has 0 spiro atoms. The molecule has 0 saturated heterocycles. The van der Waals surface area contributed by atoms with Crippen molar-refractivity contribution in [1.82, 2.24) is 5.16 Å². The molecule has 6 nitrogen and oxygen atoms in total. The third-order valence-corrected chi connectivity index (χ3v) is 4.12. The first-order chi connectivity index (χ1) is 13.0. The van der Waals surface area contributed by atoms with Crippen molar-refractivity contribution in [1.29, 1.82) is 0 Å². The number of hydrogen-bond donors (Lipinski definition) is 0. The first-order valence-electron chi connectivity index (χ1n) is 7.90. The molecule has 0 amide bonds. The van der Waals surface area contributed by atoms with Gasteiger partial charge in [0.15, 0.2) is 5.69 Å². The summed E-state index contributed by atoms with van der Waals surface area (Å²) in [7, 11) is 0. The van der Waals surface area contributed by atoms with Crippen LogP contribution in [0.1, 0.15) is 22.6 Å². The minimum atomic E-state index is -0.539. The van der Waals surface area contributed by atoms with E-state index in [1.54, 1.807) is 36.4 Å². The molecule has 0 atom stereocenters. The smallest absolute Gasteiger partial charge is 0.338 e. The van der Waals surface area contributed by atoms with E-state index < -0.39 is 10.7 Å². The summed E-state index contributed by atoms with van der Waals surface area (Å²) < 4.78 is 24.4. The van der Waals surface area contributed by atoms with Crippen LogP contribution in [0.2, 0.25) is 5.02 Å². The summed E-state index contributed by atoms with van der Waals surface area (Å²) in [4.78, 5) is 10.5. The lowest BCUT2D eigenvalue weighted by atomic mass is 10.2. The lowest BCUT2D eigenvalue weighted by Crippen LogP contribution is -1.99. The van der Waals surface area contributed by atoms with E-state index in [-0.39, 0.29) is 29.3 Å².